The molecule has 1 unspecified atom stereocenters. The van der Waals surface area contributed by atoms with Gasteiger partial charge < -0.3 is 0 Å². The molecule has 1 atom stereocenters. The van der Waals surface area contributed by atoms with Crippen LogP contribution in [0.2, 0.25) is 0 Å². The number of carbonyl (C=O) groups is 1. The van der Waals surface area contributed by atoms with Gasteiger partial charge in [-0.05, 0) is 18.1 Å². The number of carbonyl (C=O) groups excluding carboxylic acids is 1. The molecule has 1 aliphatic rings. The SMILES string of the molecule is CC1(c2ccccc2)ON(Cc2ccccc2)C1=O. The van der Waals surface area contributed by atoms with E-state index < -0.39 is 5.60 Å². The molecule has 0 bridgehead atoms. The summed E-state index contributed by atoms with van der Waals surface area (Å²) in [4.78, 5) is 18.0. The normalized spacial score (nSPS) is 22.2. The molecule has 1 aliphatic heterocycles. The Balaban J connectivity index is 1.73. The summed E-state index contributed by atoms with van der Waals surface area (Å²) < 4.78 is 0. The highest BCUT2D eigenvalue weighted by atomic mass is 16.7. The monoisotopic (exact) mass is 253 g/mol. The Morgan fingerprint density at radius 1 is 1.00 bits per heavy atom. The lowest BCUT2D eigenvalue weighted by Crippen LogP contribution is -2.60. The van der Waals surface area contributed by atoms with Crippen molar-refractivity contribution >= 4 is 5.91 Å². The second kappa shape index (κ2) is 4.52. The predicted molar refractivity (Wildman–Crippen MR) is 71.9 cm³/mol. The van der Waals surface area contributed by atoms with E-state index in [-0.39, 0.29) is 5.91 Å². The van der Waals surface area contributed by atoms with E-state index in [0.717, 1.165) is 11.1 Å². The van der Waals surface area contributed by atoms with E-state index in [1.165, 1.54) is 5.06 Å². The van der Waals surface area contributed by atoms with Crippen molar-refractivity contribution < 1.29 is 9.63 Å². The number of hydrogen-bond donors (Lipinski definition) is 0. The largest absolute Gasteiger partial charge is 0.285 e. The second-order valence-electron chi connectivity index (χ2n) is 4.82. The van der Waals surface area contributed by atoms with Crippen LogP contribution in [0.25, 0.3) is 0 Å². The number of amides is 1. The van der Waals surface area contributed by atoms with Gasteiger partial charge >= 0.3 is 0 Å². The second-order valence-corrected chi connectivity index (χ2v) is 4.82. The molecule has 2 aromatic rings. The molecule has 0 aromatic heterocycles. The van der Waals surface area contributed by atoms with Gasteiger partial charge in [-0.1, -0.05) is 60.7 Å². The van der Waals surface area contributed by atoms with E-state index >= 15 is 0 Å². The summed E-state index contributed by atoms with van der Waals surface area (Å²) in [6.45, 7) is 2.30. The smallest absolute Gasteiger partial charge is 0.269 e. The van der Waals surface area contributed by atoms with Crippen LogP contribution in [0, 0.1) is 0 Å². The molecule has 19 heavy (non-hydrogen) atoms. The Morgan fingerprint density at radius 2 is 1.58 bits per heavy atom. The summed E-state index contributed by atoms with van der Waals surface area (Å²) in [5.74, 6) is 0.00236. The summed E-state index contributed by atoms with van der Waals surface area (Å²) >= 11 is 0. The lowest BCUT2D eigenvalue weighted by Gasteiger charge is -2.45. The number of nitrogens with zero attached hydrogens (tertiary/aromatic N) is 1. The van der Waals surface area contributed by atoms with E-state index in [2.05, 4.69) is 0 Å². The van der Waals surface area contributed by atoms with Gasteiger partial charge in [-0.25, -0.2) is 9.90 Å². The fourth-order valence-electron chi connectivity index (χ4n) is 2.29. The van der Waals surface area contributed by atoms with Gasteiger partial charge in [-0.15, -0.1) is 0 Å². The minimum atomic E-state index is -0.837. The minimum Gasteiger partial charge on any atom is -0.269 e. The molecule has 3 rings (SSSR count). The summed E-state index contributed by atoms with van der Waals surface area (Å²) in [7, 11) is 0. The third-order valence-corrected chi connectivity index (χ3v) is 3.42. The Hall–Kier alpha value is -2.13. The molecule has 0 spiro atoms. The molecule has 0 saturated carbocycles. The van der Waals surface area contributed by atoms with Gasteiger partial charge in [0, 0.05) is 0 Å². The molecule has 1 heterocycles. The van der Waals surface area contributed by atoms with Gasteiger partial charge in [-0.3, -0.25) is 4.79 Å². The van der Waals surface area contributed by atoms with Crippen molar-refractivity contribution in [1.82, 2.24) is 5.06 Å². The topological polar surface area (TPSA) is 29.5 Å². The third kappa shape index (κ3) is 2.02. The first-order valence-corrected chi connectivity index (χ1v) is 6.31. The maximum absolute atomic E-state index is 12.3. The molecule has 96 valence electrons. The molecule has 2 aromatic carbocycles. The van der Waals surface area contributed by atoms with Crippen molar-refractivity contribution in [2.75, 3.05) is 0 Å². The van der Waals surface area contributed by atoms with Gasteiger partial charge in [-0.2, -0.15) is 0 Å². The Morgan fingerprint density at radius 3 is 2.16 bits per heavy atom. The highest BCUT2D eigenvalue weighted by molar-refractivity contribution is 5.89. The van der Waals surface area contributed by atoms with E-state index in [4.69, 9.17) is 4.84 Å². The van der Waals surface area contributed by atoms with Crippen LogP contribution < -0.4 is 0 Å². The first-order chi connectivity index (χ1) is 9.20. The maximum atomic E-state index is 12.3. The molecule has 0 aliphatic carbocycles. The number of hydrogen-bond acceptors (Lipinski definition) is 2. The van der Waals surface area contributed by atoms with Crippen molar-refractivity contribution in [3.05, 3.63) is 71.8 Å². The Bertz CT molecular complexity index is 582. The highest BCUT2D eigenvalue weighted by Gasteiger charge is 2.51. The number of benzene rings is 2. The molecule has 3 heteroatoms. The van der Waals surface area contributed by atoms with Crippen LogP contribution >= 0.6 is 0 Å². The quantitative estimate of drug-likeness (QED) is 0.841. The van der Waals surface area contributed by atoms with E-state index in [9.17, 15) is 4.79 Å². The number of rotatable bonds is 3. The van der Waals surface area contributed by atoms with Crippen molar-refractivity contribution in [2.45, 2.75) is 19.1 Å². The highest BCUT2D eigenvalue weighted by Crippen LogP contribution is 2.37. The zero-order chi connectivity index (χ0) is 13.3. The van der Waals surface area contributed by atoms with E-state index in [0.29, 0.717) is 6.54 Å². The van der Waals surface area contributed by atoms with Crippen LogP contribution in [0.4, 0.5) is 0 Å². The molecule has 1 saturated heterocycles. The van der Waals surface area contributed by atoms with Crippen molar-refractivity contribution in [3.8, 4) is 0 Å². The fraction of sp³-hybridized carbons (Fsp3) is 0.188. The molecule has 1 fully saturated rings. The van der Waals surface area contributed by atoms with Crippen molar-refractivity contribution in [2.24, 2.45) is 0 Å². The van der Waals surface area contributed by atoms with Crippen LogP contribution in [0.3, 0.4) is 0 Å². The van der Waals surface area contributed by atoms with Crippen molar-refractivity contribution in [1.29, 1.82) is 0 Å². The summed E-state index contributed by atoms with van der Waals surface area (Å²) in [6, 6.07) is 19.4. The Kier molecular flexibility index (Phi) is 2.84. The van der Waals surface area contributed by atoms with Gasteiger partial charge in [0.2, 0.25) is 0 Å². The van der Waals surface area contributed by atoms with Gasteiger partial charge in [0.25, 0.3) is 5.91 Å². The third-order valence-electron chi connectivity index (χ3n) is 3.42. The molecule has 1 amide bonds. The van der Waals surface area contributed by atoms with Gasteiger partial charge in [0.15, 0.2) is 5.60 Å². The van der Waals surface area contributed by atoms with Crippen molar-refractivity contribution in [3.63, 3.8) is 0 Å². The standard InChI is InChI=1S/C16H15NO2/c1-16(14-10-6-3-7-11-14)15(18)17(19-16)12-13-8-4-2-5-9-13/h2-11H,12H2,1H3. The number of hydroxylamine groups is 2. The van der Waals surface area contributed by atoms with Crippen LogP contribution in [0.5, 0.6) is 0 Å². The van der Waals surface area contributed by atoms with Gasteiger partial charge in [0.05, 0.1) is 6.54 Å². The first-order valence-electron chi connectivity index (χ1n) is 6.31. The van der Waals surface area contributed by atoms with Gasteiger partial charge in [0.1, 0.15) is 0 Å². The van der Waals surface area contributed by atoms with E-state index in [1.54, 1.807) is 0 Å². The van der Waals surface area contributed by atoms with Crippen LogP contribution in [-0.2, 0) is 21.8 Å². The average molecular weight is 253 g/mol. The summed E-state index contributed by atoms with van der Waals surface area (Å²) in [5, 5.41) is 1.42. The zero-order valence-corrected chi connectivity index (χ0v) is 10.7. The molecule has 3 nitrogen and oxygen atoms in total. The van der Waals surface area contributed by atoms with E-state index in [1.807, 2.05) is 67.6 Å². The molecule has 0 radical (unpaired) electrons. The Labute approximate surface area is 112 Å². The van der Waals surface area contributed by atoms with Crippen LogP contribution in [0.15, 0.2) is 60.7 Å². The predicted octanol–water partition coefficient (Wildman–Crippen LogP) is 2.88. The molecule has 0 N–H and O–H groups in total. The van der Waals surface area contributed by atoms with Crippen LogP contribution in [0.1, 0.15) is 18.1 Å². The zero-order valence-electron chi connectivity index (χ0n) is 10.7. The lowest BCUT2D eigenvalue weighted by atomic mass is 9.92. The average Bonchev–Trinajstić information content (AvgIpc) is 2.48. The van der Waals surface area contributed by atoms with Crippen LogP contribution in [-0.4, -0.2) is 11.0 Å². The first kappa shape index (κ1) is 11.9. The fourth-order valence-corrected chi connectivity index (χ4v) is 2.29. The lowest BCUT2D eigenvalue weighted by molar-refractivity contribution is -0.312. The minimum absolute atomic E-state index is 0.00236. The molecular weight excluding hydrogens is 238 g/mol. The maximum Gasteiger partial charge on any atom is 0.285 e. The summed E-state index contributed by atoms with van der Waals surface area (Å²) in [6.07, 6.45) is 0. The molecular formula is C16H15NO2. The summed E-state index contributed by atoms with van der Waals surface area (Å²) in [5.41, 5.74) is 1.12.